The van der Waals surface area contributed by atoms with Crippen LogP contribution in [0.1, 0.15) is 18.9 Å². The van der Waals surface area contributed by atoms with Gasteiger partial charge < -0.3 is 10.4 Å². The molecule has 0 saturated carbocycles. The average Bonchev–Trinajstić information content (AvgIpc) is 2.60. The van der Waals surface area contributed by atoms with Crippen LogP contribution in [-0.4, -0.2) is 40.1 Å². The van der Waals surface area contributed by atoms with E-state index in [9.17, 15) is 9.59 Å². The van der Waals surface area contributed by atoms with Crippen LogP contribution < -0.4 is 5.32 Å². The van der Waals surface area contributed by atoms with E-state index in [1.807, 2.05) is 0 Å². The Morgan fingerprint density at radius 1 is 1.50 bits per heavy atom. The molecule has 0 radical (unpaired) electrons. The normalized spacial score (nSPS) is 23.3. The Balaban J connectivity index is 2.26. The van der Waals surface area contributed by atoms with Crippen molar-refractivity contribution < 1.29 is 14.7 Å². The van der Waals surface area contributed by atoms with Gasteiger partial charge in [0.25, 0.3) is 5.91 Å². The molecule has 2 heterocycles. The second-order valence-electron chi connectivity index (χ2n) is 4.33. The summed E-state index contributed by atoms with van der Waals surface area (Å²) in [5, 5.41) is 11.4. The van der Waals surface area contributed by atoms with Crippen molar-refractivity contribution in [1.29, 1.82) is 0 Å². The summed E-state index contributed by atoms with van der Waals surface area (Å²) in [4.78, 5) is 29.1. The van der Waals surface area contributed by atoms with E-state index in [-0.39, 0.29) is 19.1 Å². The summed E-state index contributed by atoms with van der Waals surface area (Å²) in [6.45, 7) is 1.82. The minimum Gasteiger partial charge on any atom is -0.396 e. The number of carbonyl (C=O) groups excluding carboxylic acids is 2. The molecule has 1 atom stereocenters. The second-order valence-corrected chi connectivity index (χ2v) is 4.33. The van der Waals surface area contributed by atoms with Gasteiger partial charge in [-0.15, -0.1) is 0 Å². The third-order valence-electron chi connectivity index (χ3n) is 3.05. The zero-order valence-electron chi connectivity index (χ0n) is 10.1. The van der Waals surface area contributed by atoms with Crippen LogP contribution in [0.2, 0.25) is 0 Å². The number of nitrogens with zero attached hydrogens (tertiary/aromatic N) is 2. The third-order valence-corrected chi connectivity index (χ3v) is 3.05. The monoisotopic (exact) mass is 249 g/mol. The molecule has 18 heavy (non-hydrogen) atoms. The maximum atomic E-state index is 12.3. The molecule has 0 aromatic carbocycles. The van der Waals surface area contributed by atoms with Crippen molar-refractivity contribution in [1.82, 2.24) is 15.2 Å². The zero-order chi connectivity index (χ0) is 13.2. The lowest BCUT2D eigenvalue weighted by molar-refractivity contribution is -0.131. The van der Waals surface area contributed by atoms with E-state index in [1.54, 1.807) is 31.5 Å². The van der Waals surface area contributed by atoms with Crippen molar-refractivity contribution in [2.45, 2.75) is 18.9 Å². The first-order chi connectivity index (χ1) is 8.59. The van der Waals surface area contributed by atoms with Crippen molar-refractivity contribution in [3.63, 3.8) is 0 Å². The number of amides is 3. The Kier molecular flexibility index (Phi) is 3.29. The first-order valence-electron chi connectivity index (χ1n) is 5.75. The summed E-state index contributed by atoms with van der Waals surface area (Å²) in [6.07, 6.45) is 3.55. The lowest BCUT2D eigenvalue weighted by atomic mass is 9.93. The van der Waals surface area contributed by atoms with E-state index >= 15 is 0 Å². The van der Waals surface area contributed by atoms with Crippen LogP contribution in [0, 0.1) is 0 Å². The topological polar surface area (TPSA) is 82.5 Å². The van der Waals surface area contributed by atoms with Crippen molar-refractivity contribution in [2.24, 2.45) is 0 Å². The van der Waals surface area contributed by atoms with Gasteiger partial charge in [0, 0.05) is 31.1 Å². The average molecular weight is 249 g/mol. The van der Waals surface area contributed by atoms with Crippen LogP contribution in [0.5, 0.6) is 0 Å². The Morgan fingerprint density at radius 2 is 2.28 bits per heavy atom. The number of aromatic nitrogens is 1. The van der Waals surface area contributed by atoms with Gasteiger partial charge >= 0.3 is 6.03 Å². The number of hydrogen-bond acceptors (Lipinski definition) is 4. The molecule has 0 aliphatic carbocycles. The van der Waals surface area contributed by atoms with E-state index < -0.39 is 11.6 Å². The fourth-order valence-electron chi connectivity index (χ4n) is 1.98. The van der Waals surface area contributed by atoms with Crippen LogP contribution in [0.3, 0.4) is 0 Å². The van der Waals surface area contributed by atoms with Crippen molar-refractivity contribution in [3.8, 4) is 0 Å². The molecule has 96 valence electrons. The van der Waals surface area contributed by atoms with Gasteiger partial charge in [-0.2, -0.15) is 0 Å². The predicted molar refractivity (Wildman–Crippen MR) is 63.5 cm³/mol. The molecule has 1 aromatic rings. The molecule has 6 heteroatoms. The van der Waals surface area contributed by atoms with Crippen molar-refractivity contribution >= 4 is 11.9 Å². The van der Waals surface area contributed by atoms with Crippen LogP contribution in [0.25, 0.3) is 0 Å². The van der Waals surface area contributed by atoms with E-state index in [4.69, 9.17) is 5.11 Å². The first kappa shape index (κ1) is 12.5. The number of aliphatic hydroxyl groups is 1. The number of imide groups is 1. The lowest BCUT2D eigenvalue weighted by Crippen LogP contribution is -2.41. The summed E-state index contributed by atoms with van der Waals surface area (Å²) in [5.41, 5.74) is -0.421. The lowest BCUT2D eigenvalue weighted by Gasteiger charge is -2.21. The molecule has 3 amide bonds. The molecule has 0 bridgehead atoms. The van der Waals surface area contributed by atoms with Gasteiger partial charge in [0.2, 0.25) is 0 Å². The number of rotatable bonds is 4. The molecule has 0 spiro atoms. The highest BCUT2D eigenvalue weighted by atomic mass is 16.3. The number of aliphatic hydroxyl groups excluding tert-OH is 1. The highest BCUT2D eigenvalue weighted by Crippen LogP contribution is 2.27. The second kappa shape index (κ2) is 4.73. The third kappa shape index (κ3) is 1.95. The smallest absolute Gasteiger partial charge is 0.325 e. The number of carbonyl (C=O) groups is 2. The van der Waals surface area contributed by atoms with Crippen molar-refractivity contribution in [2.75, 3.05) is 13.2 Å². The molecule has 1 saturated heterocycles. The van der Waals surface area contributed by atoms with E-state index in [0.717, 1.165) is 4.90 Å². The fourth-order valence-corrected chi connectivity index (χ4v) is 1.98. The van der Waals surface area contributed by atoms with Gasteiger partial charge in [0.15, 0.2) is 0 Å². The zero-order valence-corrected chi connectivity index (χ0v) is 10.1. The molecular formula is C12H15N3O3. The molecule has 1 aromatic heterocycles. The molecular weight excluding hydrogens is 234 g/mol. The standard InChI is InChI=1S/C12H15N3O3/c1-12(9-4-2-5-13-8-9)10(17)15(6-3-7-16)11(18)14-12/h2,4-5,8,16H,3,6-7H2,1H3,(H,14,18). The molecule has 6 nitrogen and oxygen atoms in total. The molecule has 2 rings (SSSR count). The van der Waals surface area contributed by atoms with Gasteiger partial charge in [-0.3, -0.25) is 14.7 Å². The highest BCUT2D eigenvalue weighted by Gasteiger charge is 2.48. The molecule has 2 N–H and O–H groups in total. The van der Waals surface area contributed by atoms with Crippen LogP contribution in [0.4, 0.5) is 4.79 Å². The summed E-state index contributed by atoms with van der Waals surface area (Å²) < 4.78 is 0. The quantitative estimate of drug-likeness (QED) is 0.748. The summed E-state index contributed by atoms with van der Waals surface area (Å²) in [7, 11) is 0. The Hall–Kier alpha value is -1.95. The number of nitrogens with one attached hydrogen (secondary N) is 1. The van der Waals surface area contributed by atoms with Gasteiger partial charge in [0.05, 0.1) is 0 Å². The summed E-state index contributed by atoms with van der Waals surface area (Å²) in [6, 6.07) is 3.04. The molecule has 1 aliphatic rings. The van der Waals surface area contributed by atoms with Crippen LogP contribution >= 0.6 is 0 Å². The SMILES string of the molecule is CC1(c2cccnc2)NC(=O)N(CCCO)C1=O. The number of hydrogen-bond donors (Lipinski definition) is 2. The molecule has 1 unspecified atom stereocenters. The molecule has 1 fully saturated rings. The van der Waals surface area contributed by atoms with Crippen LogP contribution in [-0.2, 0) is 10.3 Å². The Morgan fingerprint density at radius 3 is 2.89 bits per heavy atom. The van der Waals surface area contributed by atoms with Gasteiger partial charge in [0.1, 0.15) is 5.54 Å². The largest absolute Gasteiger partial charge is 0.396 e. The Labute approximate surface area is 105 Å². The summed E-state index contributed by atoms with van der Waals surface area (Å²) >= 11 is 0. The van der Waals surface area contributed by atoms with E-state index in [1.165, 1.54) is 0 Å². The van der Waals surface area contributed by atoms with Gasteiger partial charge in [-0.1, -0.05) is 6.07 Å². The predicted octanol–water partition coefficient (Wildman–Crippen LogP) is 0.231. The maximum absolute atomic E-state index is 12.3. The number of urea groups is 1. The van der Waals surface area contributed by atoms with Crippen molar-refractivity contribution in [3.05, 3.63) is 30.1 Å². The maximum Gasteiger partial charge on any atom is 0.325 e. The highest BCUT2D eigenvalue weighted by molar-refractivity contribution is 6.07. The number of pyridine rings is 1. The Bertz CT molecular complexity index is 463. The van der Waals surface area contributed by atoms with Crippen LogP contribution in [0.15, 0.2) is 24.5 Å². The fraction of sp³-hybridized carbons (Fsp3) is 0.417. The molecule has 1 aliphatic heterocycles. The summed E-state index contributed by atoms with van der Waals surface area (Å²) in [5.74, 6) is -0.311. The van der Waals surface area contributed by atoms with Gasteiger partial charge in [-0.25, -0.2) is 4.79 Å². The van der Waals surface area contributed by atoms with Gasteiger partial charge in [-0.05, 0) is 19.4 Å². The minimum atomic E-state index is -1.07. The minimum absolute atomic E-state index is 0.0549. The first-order valence-corrected chi connectivity index (χ1v) is 5.75. The van der Waals surface area contributed by atoms with E-state index in [2.05, 4.69) is 10.3 Å². The van der Waals surface area contributed by atoms with E-state index in [0.29, 0.717) is 12.0 Å².